The lowest BCUT2D eigenvalue weighted by molar-refractivity contribution is -0.137. The molecule has 0 spiro atoms. The first-order valence-electron chi connectivity index (χ1n) is 4.66. The van der Waals surface area contributed by atoms with Gasteiger partial charge < -0.3 is 5.32 Å². The van der Waals surface area contributed by atoms with E-state index in [1.54, 1.807) is 0 Å². The third-order valence-electron chi connectivity index (χ3n) is 2.35. The molecule has 2 N–H and O–H groups in total. The quantitative estimate of drug-likeness (QED) is 0.737. The zero-order chi connectivity index (χ0) is 12.6. The van der Waals surface area contributed by atoms with E-state index in [9.17, 15) is 22.8 Å². The van der Waals surface area contributed by atoms with Gasteiger partial charge in [0.2, 0.25) is 0 Å². The van der Waals surface area contributed by atoms with E-state index in [0.29, 0.717) is 5.56 Å². The number of amides is 3. The predicted molar refractivity (Wildman–Crippen MR) is 50.9 cm³/mol. The van der Waals surface area contributed by atoms with E-state index in [1.807, 2.05) is 5.32 Å². The van der Waals surface area contributed by atoms with Gasteiger partial charge in [0.1, 0.15) is 6.04 Å². The third-order valence-corrected chi connectivity index (χ3v) is 2.35. The topological polar surface area (TPSA) is 58.2 Å². The van der Waals surface area contributed by atoms with Crippen molar-refractivity contribution in [3.63, 3.8) is 0 Å². The molecule has 3 amide bonds. The number of urea groups is 1. The molecule has 0 bridgehead atoms. The van der Waals surface area contributed by atoms with Crippen LogP contribution in [0.25, 0.3) is 0 Å². The number of benzene rings is 1. The molecule has 1 fully saturated rings. The Balaban J connectivity index is 2.24. The van der Waals surface area contributed by atoms with Gasteiger partial charge in [-0.3, -0.25) is 10.1 Å². The van der Waals surface area contributed by atoms with Crippen molar-refractivity contribution in [1.82, 2.24) is 10.6 Å². The van der Waals surface area contributed by atoms with Crippen LogP contribution in [0.3, 0.4) is 0 Å². The van der Waals surface area contributed by atoms with Crippen molar-refractivity contribution < 1.29 is 22.8 Å². The summed E-state index contributed by atoms with van der Waals surface area (Å²) in [5.41, 5.74) is -0.493. The van der Waals surface area contributed by atoms with Crippen molar-refractivity contribution in [1.29, 1.82) is 0 Å². The predicted octanol–water partition coefficient (Wildman–Crippen LogP) is 1.59. The minimum Gasteiger partial charge on any atom is -0.322 e. The van der Waals surface area contributed by atoms with Crippen molar-refractivity contribution in [2.45, 2.75) is 12.2 Å². The van der Waals surface area contributed by atoms with Crippen LogP contribution in [0.15, 0.2) is 24.3 Å². The van der Waals surface area contributed by atoms with Gasteiger partial charge in [-0.15, -0.1) is 0 Å². The lowest BCUT2D eigenvalue weighted by Crippen LogP contribution is -2.22. The molecule has 1 heterocycles. The summed E-state index contributed by atoms with van der Waals surface area (Å²) in [6, 6.07) is 2.49. The first-order valence-corrected chi connectivity index (χ1v) is 4.66. The molecule has 90 valence electrons. The molecule has 0 saturated carbocycles. The summed E-state index contributed by atoms with van der Waals surface area (Å²) >= 11 is 0. The normalized spacial score (nSPS) is 20.1. The smallest absolute Gasteiger partial charge is 0.322 e. The lowest BCUT2D eigenvalue weighted by Gasteiger charge is -2.10. The number of halogens is 3. The summed E-state index contributed by atoms with van der Waals surface area (Å²) in [7, 11) is 0. The standard InChI is InChI=1S/C10H7F3N2O2/c11-10(12,13)6-3-1-5(2-4-6)7-8(16)15-9(17)14-7/h1-4,7H,(H2,14,15,16,17). The highest BCUT2D eigenvalue weighted by Crippen LogP contribution is 2.30. The maximum absolute atomic E-state index is 12.3. The van der Waals surface area contributed by atoms with E-state index in [4.69, 9.17) is 0 Å². The van der Waals surface area contributed by atoms with E-state index in [2.05, 4.69) is 5.32 Å². The molecule has 1 aromatic carbocycles. The van der Waals surface area contributed by atoms with E-state index >= 15 is 0 Å². The molecule has 7 heteroatoms. The van der Waals surface area contributed by atoms with E-state index in [-0.39, 0.29) is 0 Å². The molecular formula is C10H7F3N2O2. The Bertz CT molecular complexity index is 467. The molecule has 0 aliphatic carbocycles. The average molecular weight is 244 g/mol. The second kappa shape index (κ2) is 3.76. The van der Waals surface area contributed by atoms with Crippen molar-refractivity contribution in [3.8, 4) is 0 Å². The Morgan fingerprint density at radius 2 is 1.65 bits per heavy atom. The van der Waals surface area contributed by atoms with Crippen LogP contribution >= 0.6 is 0 Å². The third kappa shape index (κ3) is 2.22. The molecule has 1 atom stereocenters. The summed E-state index contributed by atoms with van der Waals surface area (Å²) in [5.74, 6) is -0.574. The first-order chi connectivity index (χ1) is 7.88. The Kier molecular flexibility index (Phi) is 2.53. The lowest BCUT2D eigenvalue weighted by atomic mass is 10.0. The van der Waals surface area contributed by atoms with E-state index < -0.39 is 29.7 Å². The Labute approximate surface area is 93.8 Å². The average Bonchev–Trinajstić information content (AvgIpc) is 2.57. The second-order valence-corrected chi connectivity index (χ2v) is 3.52. The number of hydrogen-bond donors (Lipinski definition) is 2. The molecule has 1 unspecified atom stereocenters. The van der Waals surface area contributed by atoms with Crippen molar-refractivity contribution in [2.75, 3.05) is 0 Å². The highest BCUT2D eigenvalue weighted by molar-refractivity contribution is 6.04. The number of carbonyl (C=O) groups excluding carboxylic acids is 2. The first kappa shape index (κ1) is 11.4. The fourth-order valence-electron chi connectivity index (χ4n) is 1.52. The largest absolute Gasteiger partial charge is 0.416 e. The molecule has 1 aliphatic heterocycles. The highest BCUT2D eigenvalue weighted by Gasteiger charge is 2.33. The van der Waals surface area contributed by atoms with Gasteiger partial charge in [-0.2, -0.15) is 13.2 Å². The van der Waals surface area contributed by atoms with Crippen LogP contribution in [0, 0.1) is 0 Å². The Morgan fingerprint density at radius 1 is 1.06 bits per heavy atom. The molecular weight excluding hydrogens is 237 g/mol. The van der Waals surface area contributed by atoms with E-state index in [1.165, 1.54) is 12.1 Å². The van der Waals surface area contributed by atoms with Crippen LogP contribution in [0.5, 0.6) is 0 Å². The minimum atomic E-state index is -4.42. The molecule has 2 rings (SSSR count). The summed E-state index contributed by atoms with van der Waals surface area (Å²) in [4.78, 5) is 22.1. The van der Waals surface area contributed by atoms with Gasteiger partial charge in [0.05, 0.1) is 5.56 Å². The summed E-state index contributed by atoms with van der Waals surface area (Å²) in [6.45, 7) is 0. The molecule has 4 nitrogen and oxygen atoms in total. The molecule has 0 radical (unpaired) electrons. The number of hydrogen-bond acceptors (Lipinski definition) is 2. The fourth-order valence-corrected chi connectivity index (χ4v) is 1.52. The fraction of sp³-hybridized carbons (Fsp3) is 0.200. The van der Waals surface area contributed by atoms with Crippen molar-refractivity contribution in [2.24, 2.45) is 0 Å². The van der Waals surface area contributed by atoms with Gasteiger partial charge in [0, 0.05) is 0 Å². The van der Waals surface area contributed by atoms with Gasteiger partial charge in [-0.05, 0) is 17.7 Å². The zero-order valence-corrected chi connectivity index (χ0v) is 8.34. The van der Waals surface area contributed by atoms with Crippen molar-refractivity contribution >= 4 is 11.9 Å². The number of rotatable bonds is 1. The van der Waals surface area contributed by atoms with Crippen LogP contribution < -0.4 is 10.6 Å². The molecule has 0 aromatic heterocycles. The molecule has 1 aromatic rings. The van der Waals surface area contributed by atoms with Crippen LogP contribution in [0.2, 0.25) is 0 Å². The van der Waals surface area contributed by atoms with Crippen LogP contribution in [0.4, 0.5) is 18.0 Å². The van der Waals surface area contributed by atoms with Gasteiger partial charge >= 0.3 is 12.2 Å². The number of carbonyl (C=O) groups is 2. The Hall–Kier alpha value is -2.05. The zero-order valence-electron chi connectivity index (χ0n) is 8.34. The van der Waals surface area contributed by atoms with Crippen LogP contribution in [-0.2, 0) is 11.0 Å². The number of nitrogens with one attached hydrogen (secondary N) is 2. The highest BCUT2D eigenvalue weighted by atomic mass is 19.4. The van der Waals surface area contributed by atoms with Crippen molar-refractivity contribution in [3.05, 3.63) is 35.4 Å². The summed E-state index contributed by atoms with van der Waals surface area (Å²) < 4.78 is 36.9. The van der Waals surface area contributed by atoms with Gasteiger partial charge in [0.25, 0.3) is 5.91 Å². The summed E-state index contributed by atoms with van der Waals surface area (Å²) in [5, 5.41) is 4.30. The molecule has 1 aliphatic rings. The Morgan fingerprint density at radius 3 is 2.06 bits per heavy atom. The van der Waals surface area contributed by atoms with Crippen LogP contribution in [0.1, 0.15) is 17.2 Å². The number of alkyl halides is 3. The molecule has 1 saturated heterocycles. The molecule has 17 heavy (non-hydrogen) atoms. The second-order valence-electron chi connectivity index (χ2n) is 3.52. The minimum absolute atomic E-state index is 0.307. The van der Waals surface area contributed by atoms with Gasteiger partial charge in [0.15, 0.2) is 0 Å². The van der Waals surface area contributed by atoms with E-state index in [0.717, 1.165) is 12.1 Å². The van der Waals surface area contributed by atoms with Crippen LogP contribution in [-0.4, -0.2) is 11.9 Å². The SMILES string of the molecule is O=C1NC(=O)C(c2ccc(C(F)(F)F)cc2)N1. The maximum Gasteiger partial charge on any atom is 0.416 e. The van der Waals surface area contributed by atoms with Gasteiger partial charge in [-0.25, -0.2) is 4.79 Å². The number of imide groups is 1. The van der Waals surface area contributed by atoms with Gasteiger partial charge in [-0.1, -0.05) is 12.1 Å². The summed E-state index contributed by atoms with van der Waals surface area (Å²) in [6.07, 6.45) is -4.42. The monoisotopic (exact) mass is 244 g/mol. The maximum atomic E-state index is 12.3.